The van der Waals surface area contributed by atoms with Crippen molar-refractivity contribution in [3.8, 4) is 0 Å². The molecule has 9 heteroatoms. The summed E-state index contributed by atoms with van der Waals surface area (Å²) >= 11 is 3.18. The highest BCUT2D eigenvalue weighted by atomic mass is 32.2. The van der Waals surface area contributed by atoms with Crippen LogP contribution in [0, 0.1) is 20.2 Å². The number of ether oxygens (including phenoxy) is 1. The predicted octanol–water partition coefficient (Wildman–Crippen LogP) is 5.81. The summed E-state index contributed by atoms with van der Waals surface area (Å²) in [5.41, 5.74) is 1.78. The third-order valence-corrected chi connectivity index (χ3v) is 6.54. The molecule has 0 bridgehead atoms. The largest absolute Gasteiger partial charge is 0.360 e. The number of para-hydroxylation sites is 2. The highest BCUT2D eigenvalue weighted by molar-refractivity contribution is 7.99. The first-order chi connectivity index (χ1) is 13.9. The second-order valence-electron chi connectivity index (χ2n) is 6.62. The zero-order valence-electron chi connectivity index (χ0n) is 16.4. The van der Waals surface area contributed by atoms with E-state index in [4.69, 9.17) is 4.74 Å². The van der Waals surface area contributed by atoms with Crippen LogP contribution in [0.2, 0.25) is 0 Å². The third kappa shape index (κ3) is 7.02. The second-order valence-corrected chi connectivity index (χ2v) is 8.57. The van der Waals surface area contributed by atoms with Gasteiger partial charge in [-0.1, -0.05) is 50.2 Å². The van der Waals surface area contributed by atoms with Crippen LogP contribution in [-0.4, -0.2) is 33.2 Å². The molecule has 156 valence electrons. The molecule has 2 atom stereocenters. The first-order valence-corrected chi connectivity index (χ1v) is 11.4. The Morgan fingerprint density at radius 1 is 0.793 bits per heavy atom. The van der Waals surface area contributed by atoms with Crippen LogP contribution in [-0.2, 0) is 4.74 Å². The lowest BCUT2D eigenvalue weighted by Crippen LogP contribution is -2.04. The predicted molar refractivity (Wildman–Crippen MR) is 119 cm³/mol. The molecule has 0 saturated carbocycles. The minimum atomic E-state index is -0.345. The summed E-state index contributed by atoms with van der Waals surface area (Å²) in [6.45, 7) is 3.94. The zero-order valence-corrected chi connectivity index (χ0v) is 18.0. The van der Waals surface area contributed by atoms with Crippen LogP contribution >= 0.6 is 23.5 Å². The molecule has 0 spiro atoms. The van der Waals surface area contributed by atoms with E-state index in [1.807, 2.05) is 26.0 Å². The van der Waals surface area contributed by atoms with Crippen LogP contribution in [0.1, 0.15) is 36.8 Å². The van der Waals surface area contributed by atoms with E-state index in [0.717, 1.165) is 22.6 Å². The van der Waals surface area contributed by atoms with Crippen molar-refractivity contribution in [2.75, 3.05) is 23.4 Å². The van der Waals surface area contributed by atoms with Crippen LogP contribution in [0.5, 0.6) is 0 Å². The first-order valence-electron chi connectivity index (χ1n) is 9.11. The van der Waals surface area contributed by atoms with Crippen molar-refractivity contribution in [2.45, 2.75) is 25.7 Å². The van der Waals surface area contributed by atoms with E-state index < -0.39 is 0 Å². The highest BCUT2D eigenvalue weighted by Gasteiger charge is 2.19. The summed E-state index contributed by atoms with van der Waals surface area (Å²) < 4.78 is 5.62. The molecule has 0 heterocycles. The number of thioether (sulfide) groups is 2. The van der Waals surface area contributed by atoms with Gasteiger partial charge < -0.3 is 4.74 Å². The maximum atomic E-state index is 11.1. The maximum absolute atomic E-state index is 11.1. The van der Waals surface area contributed by atoms with Crippen molar-refractivity contribution in [2.24, 2.45) is 0 Å². The van der Waals surface area contributed by atoms with Gasteiger partial charge in [-0.05, 0) is 11.8 Å². The highest BCUT2D eigenvalue weighted by Crippen LogP contribution is 2.30. The quantitative estimate of drug-likeness (QED) is 0.179. The fraction of sp³-hybridized carbons (Fsp3) is 0.400. The van der Waals surface area contributed by atoms with Gasteiger partial charge in [-0.3, -0.25) is 20.2 Å². The molecule has 2 unspecified atom stereocenters. The summed E-state index contributed by atoms with van der Waals surface area (Å²) in [6, 6.07) is 13.6. The van der Waals surface area contributed by atoms with Crippen molar-refractivity contribution >= 4 is 34.9 Å². The fourth-order valence-electron chi connectivity index (χ4n) is 2.92. The van der Waals surface area contributed by atoms with E-state index in [-0.39, 0.29) is 33.1 Å². The molecule has 0 aromatic heterocycles. The number of nitro groups is 2. The molecule has 2 aromatic carbocycles. The van der Waals surface area contributed by atoms with Crippen LogP contribution in [0.25, 0.3) is 0 Å². The summed E-state index contributed by atoms with van der Waals surface area (Å²) in [5, 5.41) is 22.2. The molecule has 0 N–H and O–H groups in total. The first kappa shape index (κ1) is 23.2. The van der Waals surface area contributed by atoms with Crippen LogP contribution in [0.4, 0.5) is 11.4 Å². The standard InChI is InChI=1S/C20H24N2O5S2/c1-15(17-7-3-5-9-19(17)21(23)24)11-28-13-27-14-29-12-16(2)18-8-4-6-10-20(18)22(25)26/h3-10,15-16H,11-14H2,1-2H3. The van der Waals surface area contributed by atoms with Gasteiger partial charge in [0.05, 0.1) is 21.7 Å². The Bertz CT molecular complexity index is 767. The molecular weight excluding hydrogens is 412 g/mol. The monoisotopic (exact) mass is 436 g/mol. The van der Waals surface area contributed by atoms with Gasteiger partial charge in [-0.2, -0.15) is 0 Å². The summed E-state index contributed by atoms with van der Waals surface area (Å²) in [6.07, 6.45) is 0. The number of nitro benzene ring substituents is 2. The minimum absolute atomic E-state index is 0.0523. The topological polar surface area (TPSA) is 95.5 Å². The fourth-order valence-corrected chi connectivity index (χ4v) is 4.69. The Hall–Kier alpha value is -2.10. The Balaban J connectivity index is 1.68. The SMILES string of the molecule is CC(CSCOCSCC(C)c1ccccc1[N+](=O)[O-])c1ccccc1[N+](=O)[O-]. The number of rotatable bonds is 12. The van der Waals surface area contributed by atoms with E-state index in [1.54, 1.807) is 47.8 Å². The lowest BCUT2D eigenvalue weighted by atomic mass is 10.0. The molecule has 0 fully saturated rings. The normalized spacial score (nSPS) is 13.0. The van der Waals surface area contributed by atoms with Gasteiger partial charge in [0, 0.05) is 34.8 Å². The molecule has 7 nitrogen and oxygen atoms in total. The molecule has 0 aliphatic carbocycles. The minimum Gasteiger partial charge on any atom is -0.360 e. The maximum Gasteiger partial charge on any atom is 0.272 e. The molecular formula is C20H24N2O5S2. The Morgan fingerprint density at radius 2 is 1.17 bits per heavy atom. The molecule has 29 heavy (non-hydrogen) atoms. The van der Waals surface area contributed by atoms with E-state index in [1.165, 1.54) is 12.1 Å². The van der Waals surface area contributed by atoms with Gasteiger partial charge >= 0.3 is 0 Å². The molecule has 0 aliphatic rings. The van der Waals surface area contributed by atoms with Gasteiger partial charge in [0.15, 0.2) is 0 Å². The average Bonchev–Trinajstić information content (AvgIpc) is 2.72. The molecule has 2 aromatic rings. The zero-order chi connectivity index (χ0) is 21.2. The second kappa shape index (κ2) is 11.8. The van der Waals surface area contributed by atoms with Crippen LogP contribution in [0.3, 0.4) is 0 Å². The Labute approximate surface area is 178 Å². The van der Waals surface area contributed by atoms with Crippen molar-refractivity contribution < 1.29 is 14.6 Å². The Morgan fingerprint density at radius 3 is 1.55 bits per heavy atom. The van der Waals surface area contributed by atoms with Gasteiger partial charge in [0.2, 0.25) is 0 Å². The molecule has 0 aliphatic heterocycles. The van der Waals surface area contributed by atoms with Gasteiger partial charge in [0.25, 0.3) is 11.4 Å². The van der Waals surface area contributed by atoms with E-state index in [2.05, 4.69) is 0 Å². The van der Waals surface area contributed by atoms with Crippen molar-refractivity contribution in [1.29, 1.82) is 0 Å². The third-order valence-electron chi connectivity index (χ3n) is 4.40. The van der Waals surface area contributed by atoms with Crippen molar-refractivity contribution in [3.05, 3.63) is 79.9 Å². The van der Waals surface area contributed by atoms with Gasteiger partial charge in [-0.15, -0.1) is 23.5 Å². The summed E-state index contributed by atoms with van der Waals surface area (Å²) in [7, 11) is 0. The average molecular weight is 437 g/mol. The van der Waals surface area contributed by atoms with Crippen LogP contribution < -0.4 is 0 Å². The molecule has 2 rings (SSSR count). The number of nitrogens with zero attached hydrogens (tertiary/aromatic N) is 2. The molecule has 0 radical (unpaired) electrons. The summed E-state index contributed by atoms with van der Waals surface area (Å²) in [4.78, 5) is 21.6. The van der Waals surface area contributed by atoms with E-state index in [9.17, 15) is 20.2 Å². The van der Waals surface area contributed by atoms with E-state index >= 15 is 0 Å². The van der Waals surface area contributed by atoms with Gasteiger partial charge in [0.1, 0.15) is 0 Å². The summed E-state index contributed by atoms with van der Waals surface area (Å²) in [5.74, 6) is 2.55. The Kier molecular flexibility index (Phi) is 9.43. The number of benzene rings is 2. The lowest BCUT2D eigenvalue weighted by molar-refractivity contribution is -0.385. The lowest BCUT2D eigenvalue weighted by Gasteiger charge is -2.13. The smallest absolute Gasteiger partial charge is 0.272 e. The van der Waals surface area contributed by atoms with Crippen molar-refractivity contribution in [1.82, 2.24) is 0 Å². The van der Waals surface area contributed by atoms with Crippen LogP contribution in [0.15, 0.2) is 48.5 Å². The molecule has 0 amide bonds. The van der Waals surface area contributed by atoms with E-state index in [0.29, 0.717) is 11.9 Å². The van der Waals surface area contributed by atoms with Gasteiger partial charge in [-0.25, -0.2) is 0 Å². The number of hydrogen-bond acceptors (Lipinski definition) is 7. The molecule has 0 saturated heterocycles. The van der Waals surface area contributed by atoms with Crippen molar-refractivity contribution in [3.63, 3.8) is 0 Å². The number of hydrogen-bond donors (Lipinski definition) is 0.